The zero-order valence-corrected chi connectivity index (χ0v) is 11.4. The molecule has 0 aliphatic carbocycles. The number of aromatic amines is 1. The maximum atomic E-state index is 11.9. The minimum atomic E-state index is -0.841. The molecule has 1 aromatic heterocycles. The van der Waals surface area contributed by atoms with E-state index in [1.165, 1.54) is 0 Å². The number of amides is 1. The average Bonchev–Trinajstić information content (AvgIpc) is 2.71. The van der Waals surface area contributed by atoms with Crippen molar-refractivity contribution in [3.8, 4) is 0 Å². The number of aliphatic carboxylic acids is 1. The van der Waals surface area contributed by atoms with Crippen molar-refractivity contribution in [1.82, 2.24) is 10.3 Å². The summed E-state index contributed by atoms with van der Waals surface area (Å²) in [6.07, 6.45) is 0.837. The molecule has 0 fully saturated rings. The van der Waals surface area contributed by atoms with Gasteiger partial charge in [0.2, 0.25) is 5.91 Å². The molecule has 20 heavy (non-hydrogen) atoms. The maximum Gasteiger partial charge on any atom is 0.303 e. The van der Waals surface area contributed by atoms with Crippen LogP contribution in [-0.2, 0) is 16.0 Å². The normalized spacial score (nSPS) is 10.7. The lowest BCUT2D eigenvalue weighted by Crippen LogP contribution is -2.26. The van der Waals surface area contributed by atoms with E-state index in [9.17, 15) is 9.59 Å². The summed E-state index contributed by atoms with van der Waals surface area (Å²) in [7, 11) is 0. The fourth-order valence-electron chi connectivity index (χ4n) is 2.25. The van der Waals surface area contributed by atoms with E-state index in [1.54, 1.807) is 0 Å². The number of carboxylic acids is 1. The highest BCUT2D eigenvalue weighted by atomic mass is 16.4. The molecule has 2 rings (SSSR count). The van der Waals surface area contributed by atoms with Crippen molar-refractivity contribution in [3.63, 3.8) is 0 Å². The van der Waals surface area contributed by atoms with Crippen molar-refractivity contribution in [1.29, 1.82) is 0 Å². The number of carbonyl (C=O) groups is 2. The summed E-state index contributed by atoms with van der Waals surface area (Å²) < 4.78 is 0. The van der Waals surface area contributed by atoms with E-state index >= 15 is 0 Å². The van der Waals surface area contributed by atoms with Crippen LogP contribution < -0.4 is 5.32 Å². The first-order chi connectivity index (χ1) is 9.58. The molecule has 0 unspecified atom stereocenters. The Morgan fingerprint density at radius 3 is 2.80 bits per heavy atom. The molecule has 0 spiro atoms. The Morgan fingerprint density at radius 1 is 1.30 bits per heavy atom. The quantitative estimate of drug-likeness (QED) is 0.705. The second-order valence-corrected chi connectivity index (χ2v) is 4.80. The number of aryl methyl sites for hydroxylation is 1. The number of rotatable bonds is 6. The summed E-state index contributed by atoms with van der Waals surface area (Å²) in [6.45, 7) is 2.35. The van der Waals surface area contributed by atoms with Gasteiger partial charge in [-0.2, -0.15) is 0 Å². The lowest BCUT2D eigenvalue weighted by atomic mass is 10.1. The molecule has 0 bridgehead atoms. The van der Waals surface area contributed by atoms with Gasteiger partial charge in [-0.1, -0.05) is 18.2 Å². The highest BCUT2D eigenvalue weighted by molar-refractivity contribution is 5.90. The molecule has 5 heteroatoms. The van der Waals surface area contributed by atoms with Crippen LogP contribution in [0.5, 0.6) is 0 Å². The number of fused-ring (bicyclic) bond motifs is 1. The number of carboxylic acid groups (broad SMARTS) is 1. The van der Waals surface area contributed by atoms with Crippen LogP contribution in [0, 0.1) is 6.92 Å². The van der Waals surface area contributed by atoms with E-state index in [-0.39, 0.29) is 12.3 Å². The molecule has 2 aromatic rings. The lowest BCUT2D eigenvalue weighted by Gasteiger charge is -2.04. The fourth-order valence-corrected chi connectivity index (χ4v) is 2.25. The van der Waals surface area contributed by atoms with Crippen LogP contribution >= 0.6 is 0 Å². The number of aromatic nitrogens is 1. The summed E-state index contributed by atoms with van der Waals surface area (Å²) in [6, 6.07) is 7.88. The fraction of sp³-hybridized carbons (Fsp3) is 0.333. The standard InChI is InChI=1S/C15H18N2O3/c1-10-12(11-5-2-3-6-13(11)17-10)9-14(18)16-8-4-7-15(19)20/h2-3,5-6,17H,4,7-9H2,1H3,(H,16,18)(H,19,20). The first-order valence-corrected chi connectivity index (χ1v) is 6.62. The topological polar surface area (TPSA) is 82.2 Å². The summed E-state index contributed by atoms with van der Waals surface area (Å²) in [5.41, 5.74) is 3.02. The van der Waals surface area contributed by atoms with E-state index in [4.69, 9.17) is 5.11 Å². The van der Waals surface area contributed by atoms with Gasteiger partial charge in [0, 0.05) is 29.6 Å². The third kappa shape index (κ3) is 3.38. The molecular formula is C15H18N2O3. The Kier molecular flexibility index (Phi) is 4.40. The molecule has 1 heterocycles. The number of carbonyl (C=O) groups excluding carboxylic acids is 1. The van der Waals surface area contributed by atoms with Crippen LogP contribution in [0.4, 0.5) is 0 Å². The maximum absolute atomic E-state index is 11.9. The molecular weight excluding hydrogens is 256 g/mol. The number of hydrogen-bond acceptors (Lipinski definition) is 2. The molecule has 0 saturated heterocycles. The summed E-state index contributed by atoms with van der Waals surface area (Å²) in [5, 5.41) is 12.3. The smallest absolute Gasteiger partial charge is 0.303 e. The Hall–Kier alpha value is -2.30. The molecule has 0 aliphatic heterocycles. The second kappa shape index (κ2) is 6.23. The Bertz CT molecular complexity index is 631. The van der Waals surface area contributed by atoms with Gasteiger partial charge in [0.1, 0.15) is 0 Å². The van der Waals surface area contributed by atoms with Gasteiger partial charge < -0.3 is 15.4 Å². The van der Waals surface area contributed by atoms with E-state index in [2.05, 4.69) is 10.3 Å². The number of para-hydroxylation sites is 1. The van der Waals surface area contributed by atoms with E-state index in [0.717, 1.165) is 22.2 Å². The minimum Gasteiger partial charge on any atom is -0.481 e. The van der Waals surface area contributed by atoms with Crippen LogP contribution in [0.15, 0.2) is 24.3 Å². The molecule has 106 valence electrons. The van der Waals surface area contributed by atoms with Crippen molar-refractivity contribution >= 4 is 22.8 Å². The molecule has 3 N–H and O–H groups in total. The van der Waals surface area contributed by atoms with E-state index in [0.29, 0.717) is 19.4 Å². The third-order valence-corrected chi connectivity index (χ3v) is 3.25. The van der Waals surface area contributed by atoms with Gasteiger partial charge in [-0.3, -0.25) is 9.59 Å². The molecule has 1 aromatic carbocycles. The van der Waals surface area contributed by atoms with Gasteiger partial charge in [-0.15, -0.1) is 0 Å². The van der Waals surface area contributed by atoms with Crippen molar-refractivity contribution < 1.29 is 14.7 Å². The van der Waals surface area contributed by atoms with Crippen LogP contribution in [0.1, 0.15) is 24.1 Å². The van der Waals surface area contributed by atoms with Gasteiger partial charge in [0.25, 0.3) is 0 Å². The number of hydrogen-bond donors (Lipinski definition) is 3. The Labute approximate surface area is 117 Å². The van der Waals surface area contributed by atoms with E-state index in [1.807, 2.05) is 31.2 Å². The summed E-state index contributed by atoms with van der Waals surface area (Å²) in [5.74, 6) is -0.921. The first-order valence-electron chi connectivity index (χ1n) is 6.62. The molecule has 0 aliphatic rings. The largest absolute Gasteiger partial charge is 0.481 e. The van der Waals surface area contributed by atoms with Gasteiger partial charge in [-0.05, 0) is 25.0 Å². The molecule has 0 radical (unpaired) electrons. The second-order valence-electron chi connectivity index (χ2n) is 4.80. The third-order valence-electron chi connectivity index (χ3n) is 3.25. The zero-order chi connectivity index (χ0) is 14.5. The van der Waals surface area contributed by atoms with Crippen molar-refractivity contribution in [3.05, 3.63) is 35.5 Å². The van der Waals surface area contributed by atoms with Crippen molar-refractivity contribution in [2.75, 3.05) is 6.54 Å². The number of nitrogens with one attached hydrogen (secondary N) is 2. The summed E-state index contributed by atoms with van der Waals surface area (Å²) >= 11 is 0. The Balaban J connectivity index is 1.96. The molecule has 5 nitrogen and oxygen atoms in total. The molecule has 0 atom stereocenters. The molecule has 1 amide bonds. The van der Waals surface area contributed by atoms with Crippen LogP contribution in [0.2, 0.25) is 0 Å². The summed E-state index contributed by atoms with van der Waals surface area (Å²) in [4.78, 5) is 25.5. The van der Waals surface area contributed by atoms with Gasteiger partial charge in [0.15, 0.2) is 0 Å². The van der Waals surface area contributed by atoms with Crippen molar-refractivity contribution in [2.45, 2.75) is 26.2 Å². The predicted molar refractivity (Wildman–Crippen MR) is 76.6 cm³/mol. The van der Waals surface area contributed by atoms with Gasteiger partial charge in [0.05, 0.1) is 6.42 Å². The average molecular weight is 274 g/mol. The zero-order valence-electron chi connectivity index (χ0n) is 11.4. The van der Waals surface area contributed by atoms with Crippen LogP contribution in [0.3, 0.4) is 0 Å². The van der Waals surface area contributed by atoms with Crippen LogP contribution in [-0.4, -0.2) is 28.5 Å². The highest BCUT2D eigenvalue weighted by Crippen LogP contribution is 2.22. The number of benzene rings is 1. The SMILES string of the molecule is Cc1[nH]c2ccccc2c1CC(=O)NCCCC(=O)O. The van der Waals surface area contributed by atoms with Crippen molar-refractivity contribution in [2.24, 2.45) is 0 Å². The van der Waals surface area contributed by atoms with Gasteiger partial charge >= 0.3 is 5.97 Å². The molecule has 0 saturated carbocycles. The Morgan fingerprint density at radius 2 is 2.05 bits per heavy atom. The minimum absolute atomic E-state index is 0.0758. The van der Waals surface area contributed by atoms with Gasteiger partial charge in [-0.25, -0.2) is 0 Å². The number of H-pyrrole nitrogens is 1. The highest BCUT2D eigenvalue weighted by Gasteiger charge is 2.11. The van der Waals surface area contributed by atoms with E-state index < -0.39 is 5.97 Å². The monoisotopic (exact) mass is 274 g/mol. The lowest BCUT2D eigenvalue weighted by molar-refractivity contribution is -0.137. The predicted octanol–water partition coefficient (Wildman–Crippen LogP) is 2.00. The first kappa shape index (κ1) is 14.1. The van der Waals surface area contributed by atoms with Crippen LogP contribution in [0.25, 0.3) is 10.9 Å².